The molecule has 1 saturated heterocycles. The van der Waals surface area contributed by atoms with Gasteiger partial charge in [0.1, 0.15) is 0 Å². The summed E-state index contributed by atoms with van der Waals surface area (Å²) in [4.78, 5) is 0. The topological polar surface area (TPSA) is 34.1 Å². The largest absolute Gasteiger partial charge is 0.453 e. The van der Waals surface area contributed by atoms with Gasteiger partial charge in [-0.05, 0) is 6.42 Å². The Morgan fingerprint density at radius 3 is 1.86 bits per heavy atom. The molecular weight excluding hydrogens is 231 g/mol. The Morgan fingerprint density at radius 2 is 1.57 bits per heavy atom. The smallest absolute Gasteiger partial charge is 0.229 e. The molecule has 1 rings (SSSR count). The molecule has 1 atom stereocenters. The summed E-state index contributed by atoms with van der Waals surface area (Å²) in [6, 6.07) is 0. The van der Waals surface area contributed by atoms with Crippen molar-refractivity contribution in [1.29, 1.82) is 0 Å². The lowest BCUT2D eigenvalue weighted by Crippen LogP contribution is -2.43. The lowest BCUT2D eigenvalue weighted by Gasteiger charge is -2.24. The Balaban J connectivity index is 2.87. The van der Waals surface area contributed by atoms with Crippen LogP contribution in [0.4, 0.5) is 22.0 Å². The fourth-order valence-corrected chi connectivity index (χ4v) is 3.11. The zero-order chi connectivity index (χ0) is 11.2. The standard InChI is InChI=1S/C6H7F5O2S/c7-5(8,6(9,10)11)4-1-2-14(12,13)3-4/h4H,1-3H2. The van der Waals surface area contributed by atoms with Crippen molar-refractivity contribution in [3.05, 3.63) is 0 Å². The molecule has 0 saturated carbocycles. The summed E-state index contributed by atoms with van der Waals surface area (Å²) in [5.74, 6) is -8.72. The second-order valence-corrected chi connectivity index (χ2v) is 5.45. The minimum atomic E-state index is -5.67. The van der Waals surface area contributed by atoms with Gasteiger partial charge in [0.25, 0.3) is 0 Å². The minimum absolute atomic E-state index is 0.594. The maximum Gasteiger partial charge on any atom is 0.453 e. The first kappa shape index (κ1) is 11.7. The third kappa shape index (κ3) is 1.99. The fraction of sp³-hybridized carbons (Fsp3) is 1.00. The lowest BCUT2D eigenvalue weighted by atomic mass is 10.0. The van der Waals surface area contributed by atoms with E-state index in [-0.39, 0.29) is 0 Å². The molecule has 0 spiro atoms. The molecule has 0 aromatic rings. The zero-order valence-corrected chi connectivity index (χ0v) is 7.63. The van der Waals surface area contributed by atoms with Crippen molar-refractivity contribution in [2.45, 2.75) is 18.5 Å². The van der Waals surface area contributed by atoms with Crippen molar-refractivity contribution in [3.8, 4) is 0 Å². The monoisotopic (exact) mass is 238 g/mol. The first-order chi connectivity index (χ1) is 6.06. The molecule has 1 unspecified atom stereocenters. The Morgan fingerprint density at radius 1 is 1.07 bits per heavy atom. The Kier molecular flexibility index (Phi) is 2.54. The molecule has 1 aliphatic heterocycles. The average molecular weight is 238 g/mol. The Hall–Kier alpha value is -0.400. The molecule has 1 aliphatic rings. The van der Waals surface area contributed by atoms with Gasteiger partial charge in [0.05, 0.1) is 11.5 Å². The SMILES string of the molecule is O=S1(=O)CCC(C(F)(F)C(F)(F)F)C1. The molecule has 0 radical (unpaired) electrons. The van der Waals surface area contributed by atoms with E-state index in [1.165, 1.54) is 0 Å². The molecule has 0 N–H and O–H groups in total. The summed E-state index contributed by atoms with van der Waals surface area (Å²) in [5.41, 5.74) is 0. The molecule has 0 aliphatic carbocycles. The van der Waals surface area contributed by atoms with Crippen molar-refractivity contribution in [2.75, 3.05) is 11.5 Å². The predicted octanol–water partition coefficient (Wildman–Crippen LogP) is 1.62. The van der Waals surface area contributed by atoms with Crippen LogP contribution in [-0.4, -0.2) is 32.0 Å². The second-order valence-electron chi connectivity index (χ2n) is 3.22. The highest BCUT2D eigenvalue weighted by molar-refractivity contribution is 7.91. The number of halogens is 5. The average Bonchev–Trinajstić information content (AvgIpc) is 2.28. The Bertz CT molecular complexity index is 318. The molecule has 0 bridgehead atoms. The van der Waals surface area contributed by atoms with E-state index in [9.17, 15) is 30.4 Å². The highest BCUT2D eigenvalue weighted by Crippen LogP contribution is 2.45. The van der Waals surface area contributed by atoms with E-state index in [4.69, 9.17) is 0 Å². The summed E-state index contributed by atoms with van der Waals surface area (Å²) in [7, 11) is -3.72. The van der Waals surface area contributed by atoms with E-state index < -0.39 is 45.8 Å². The molecule has 1 heterocycles. The third-order valence-electron chi connectivity index (χ3n) is 2.12. The molecule has 0 amide bonds. The van der Waals surface area contributed by atoms with Crippen LogP contribution in [-0.2, 0) is 9.84 Å². The summed E-state index contributed by atoms with van der Waals surface area (Å²) < 4.78 is 82.0. The van der Waals surface area contributed by atoms with Crippen LogP contribution in [0.2, 0.25) is 0 Å². The summed E-state index contributed by atoms with van der Waals surface area (Å²) >= 11 is 0. The van der Waals surface area contributed by atoms with Crippen LogP contribution in [0.1, 0.15) is 6.42 Å². The van der Waals surface area contributed by atoms with Gasteiger partial charge in [-0.25, -0.2) is 8.42 Å². The van der Waals surface area contributed by atoms with Gasteiger partial charge in [-0.3, -0.25) is 0 Å². The van der Waals surface area contributed by atoms with Crippen molar-refractivity contribution < 1.29 is 30.4 Å². The number of alkyl halides is 5. The van der Waals surface area contributed by atoms with Crippen molar-refractivity contribution in [3.63, 3.8) is 0 Å². The maximum absolute atomic E-state index is 12.6. The van der Waals surface area contributed by atoms with Gasteiger partial charge in [0.2, 0.25) is 0 Å². The molecule has 14 heavy (non-hydrogen) atoms. The van der Waals surface area contributed by atoms with Gasteiger partial charge in [0, 0.05) is 5.92 Å². The van der Waals surface area contributed by atoms with Gasteiger partial charge in [-0.1, -0.05) is 0 Å². The van der Waals surface area contributed by atoms with Crippen molar-refractivity contribution in [2.24, 2.45) is 5.92 Å². The predicted molar refractivity (Wildman–Crippen MR) is 37.8 cm³/mol. The first-order valence-electron chi connectivity index (χ1n) is 3.71. The van der Waals surface area contributed by atoms with Crippen LogP contribution in [0.3, 0.4) is 0 Å². The van der Waals surface area contributed by atoms with Crippen LogP contribution >= 0.6 is 0 Å². The van der Waals surface area contributed by atoms with Gasteiger partial charge < -0.3 is 0 Å². The molecule has 8 heteroatoms. The van der Waals surface area contributed by atoms with Crippen molar-refractivity contribution in [1.82, 2.24) is 0 Å². The molecule has 84 valence electrons. The fourth-order valence-electron chi connectivity index (χ4n) is 1.31. The molecule has 1 fully saturated rings. The van der Waals surface area contributed by atoms with Gasteiger partial charge in [-0.2, -0.15) is 22.0 Å². The molecule has 0 aromatic carbocycles. The van der Waals surface area contributed by atoms with Crippen LogP contribution in [0, 0.1) is 5.92 Å². The number of hydrogen-bond donors (Lipinski definition) is 0. The lowest BCUT2D eigenvalue weighted by molar-refractivity contribution is -0.299. The van der Waals surface area contributed by atoms with Gasteiger partial charge in [0.15, 0.2) is 9.84 Å². The van der Waals surface area contributed by atoms with Crippen molar-refractivity contribution >= 4 is 9.84 Å². The quantitative estimate of drug-likeness (QED) is 0.650. The van der Waals surface area contributed by atoms with E-state index in [0.717, 1.165) is 0 Å². The van der Waals surface area contributed by atoms with E-state index >= 15 is 0 Å². The van der Waals surface area contributed by atoms with Crippen LogP contribution in [0.15, 0.2) is 0 Å². The summed E-state index contributed by atoms with van der Waals surface area (Å²) in [5, 5.41) is 0. The highest BCUT2D eigenvalue weighted by Gasteiger charge is 2.63. The van der Waals surface area contributed by atoms with E-state index in [0.29, 0.717) is 0 Å². The summed E-state index contributed by atoms with van der Waals surface area (Å²) in [6.07, 6.45) is -6.30. The third-order valence-corrected chi connectivity index (χ3v) is 3.89. The molecular formula is C6H7F5O2S. The first-order valence-corrected chi connectivity index (χ1v) is 5.53. The molecule has 0 aromatic heterocycles. The van der Waals surface area contributed by atoms with E-state index in [1.54, 1.807) is 0 Å². The normalized spacial score (nSPS) is 27.9. The summed E-state index contributed by atoms with van der Waals surface area (Å²) in [6.45, 7) is 0. The van der Waals surface area contributed by atoms with Crippen LogP contribution in [0.25, 0.3) is 0 Å². The van der Waals surface area contributed by atoms with Gasteiger partial charge in [-0.15, -0.1) is 0 Å². The van der Waals surface area contributed by atoms with Gasteiger partial charge >= 0.3 is 12.1 Å². The van der Waals surface area contributed by atoms with E-state index in [1.807, 2.05) is 0 Å². The number of hydrogen-bond acceptors (Lipinski definition) is 2. The number of sulfone groups is 1. The zero-order valence-electron chi connectivity index (χ0n) is 6.81. The number of rotatable bonds is 1. The van der Waals surface area contributed by atoms with Crippen LogP contribution < -0.4 is 0 Å². The maximum atomic E-state index is 12.6. The highest BCUT2D eigenvalue weighted by atomic mass is 32.2. The molecule has 2 nitrogen and oxygen atoms in total. The Labute approximate surface area is 77.0 Å². The minimum Gasteiger partial charge on any atom is -0.229 e. The van der Waals surface area contributed by atoms with Crippen LogP contribution in [0.5, 0.6) is 0 Å². The second kappa shape index (κ2) is 3.04. The van der Waals surface area contributed by atoms with E-state index in [2.05, 4.69) is 0 Å².